The first-order valence-corrected chi connectivity index (χ1v) is 6.66. The van der Waals surface area contributed by atoms with E-state index in [0.29, 0.717) is 25.7 Å². The molecule has 0 aromatic heterocycles. The maximum atomic E-state index is 10.9. The lowest BCUT2D eigenvalue weighted by atomic mass is 9.75. The molecular weight excluding hydrogens is 220 g/mol. The van der Waals surface area contributed by atoms with Crippen LogP contribution in [0.5, 0.6) is 0 Å². The molecule has 0 aliphatic heterocycles. The maximum absolute atomic E-state index is 10.9. The molecule has 0 atom stereocenters. The van der Waals surface area contributed by atoms with Gasteiger partial charge in [-0.3, -0.25) is 8.98 Å². The van der Waals surface area contributed by atoms with Gasteiger partial charge in [0.15, 0.2) is 0 Å². The summed E-state index contributed by atoms with van der Waals surface area (Å²) in [7, 11) is -3.43. The van der Waals surface area contributed by atoms with Crippen molar-refractivity contribution in [3.05, 3.63) is 0 Å². The summed E-state index contributed by atoms with van der Waals surface area (Å²) in [5, 5.41) is 8.96. The fraction of sp³-hybridized carbons (Fsp3) is 0.889. The van der Waals surface area contributed by atoms with E-state index in [4.69, 9.17) is 9.29 Å². The first-order valence-electron chi connectivity index (χ1n) is 4.85. The molecule has 0 radical (unpaired) electrons. The number of hydrogen-bond donors (Lipinski definition) is 1. The SMILES string of the molecule is CS(=O)(=O)O[C@H]1CC[C@@](C)(C(=O)O)CC1. The summed E-state index contributed by atoms with van der Waals surface area (Å²) >= 11 is 0. The number of carbonyl (C=O) groups is 1. The van der Waals surface area contributed by atoms with Gasteiger partial charge >= 0.3 is 5.97 Å². The second-order valence-corrected chi connectivity index (χ2v) is 5.97. The average molecular weight is 236 g/mol. The van der Waals surface area contributed by atoms with E-state index in [0.717, 1.165) is 6.26 Å². The highest BCUT2D eigenvalue weighted by atomic mass is 32.2. The van der Waals surface area contributed by atoms with Crippen molar-refractivity contribution in [3.63, 3.8) is 0 Å². The largest absolute Gasteiger partial charge is 0.481 e. The van der Waals surface area contributed by atoms with Crippen LogP contribution in [-0.2, 0) is 19.1 Å². The van der Waals surface area contributed by atoms with Crippen LogP contribution in [-0.4, -0.2) is 31.9 Å². The summed E-state index contributed by atoms with van der Waals surface area (Å²) in [5.41, 5.74) is -0.725. The molecule has 1 aliphatic rings. The average Bonchev–Trinajstić information content (AvgIpc) is 2.07. The van der Waals surface area contributed by atoms with Crippen molar-refractivity contribution in [1.82, 2.24) is 0 Å². The molecule has 0 unspecified atom stereocenters. The van der Waals surface area contributed by atoms with Gasteiger partial charge in [-0.15, -0.1) is 0 Å². The Bertz CT molecular complexity index is 338. The van der Waals surface area contributed by atoms with Gasteiger partial charge in [0.25, 0.3) is 10.1 Å². The second-order valence-electron chi connectivity index (χ2n) is 4.37. The first kappa shape index (κ1) is 12.4. The van der Waals surface area contributed by atoms with Crippen molar-refractivity contribution in [2.24, 2.45) is 5.41 Å². The summed E-state index contributed by atoms with van der Waals surface area (Å²) in [6.07, 6.45) is 2.54. The van der Waals surface area contributed by atoms with Crippen LogP contribution in [0.4, 0.5) is 0 Å². The van der Waals surface area contributed by atoms with E-state index in [9.17, 15) is 13.2 Å². The van der Waals surface area contributed by atoms with E-state index >= 15 is 0 Å². The number of aliphatic carboxylic acids is 1. The monoisotopic (exact) mass is 236 g/mol. The molecule has 1 N–H and O–H groups in total. The summed E-state index contributed by atoms with van der Waals surface area (Å²) in [6.45, 7) is 1.69. The highest BCUT2D eigenvalue weighted by Gasteiger charge is 2.38. The van der Waals surface area contributed by atoms with Gasteiger partial charge < -0.3 is 5.11 Å². The molecule has 1 aliphatic carbocycles. The van der Waals surface area contributed by atoms with Crippen LogP contribution < -0.4 is 0 Å². The highest BCUT2D eigenvalue weighted by molar-refractivity contribution is 7.86. The molecule has 6 heteroatoms. The first-order chi connectivity index (χ1) is 6.73. The van der Waals surface area contributed by atoms with Gasteiger partial charge in [-0.05, 0) is 32.6 Å². The number of hydrogen-bond acceptors (Lipinski definition) is 4. The van der Waals surface area contributed by atoms with Gasteiger partial charge in [-0.1, -0.05) is 0 Å². The van der Waals surface area contributed by atoms with Gasteiger partial charge in [0, 0.05) is 0 Å². The quantitative estimate of drug-likeness (QED) is 0.739. The fourth-order valence-corrected chi connectivity index (χ4v) is 2.47. The van der Waals surface area contributed by atoms with E-state index in [2.05, 4.69) is 0 Å². The van der Waals surface area contributed by atoms with Gasteiger partial charge in [0.2, 0.25) is 0 Å². The lowest BCUT2D eigenvalue weighted by Gasteiger charge is -2.32. The normalized spacial score (nSPS) is 32.5. The Morgan fingerprint density at radius 2 is 1.87 bits per heavy atom. The van der Waals surface area contributed by atoms with Crippen molar-refractivity contribution in [1.29, 1.82) is 0 Å². The molecule has 0 aromatic rings. The summed E-state index contributed by atoms with van der Waals surface area (Å²) in [6, 6.07) is 0. The molecule has 1 fully saturated rings. The topological polar surface area (TPSA) is 80.7 Å². The molecule has 5 nitrogen and oxygen atoms in total. The minimum Gasteiger partial charge on any atom is -0.481 e. The van der Waals surface area contributed by atoms with Gasteiger partial charge in [-0.2, -0.15) is 8.42 Å². The molecule has 1 rings (SSSR count). The van der Waals surface area contributed by atoms with Crippen molar-refractivity contribution in [2.45, 2.75) is 38.7 Å². The zero-order chi connectivity index (χ0) is 11.7. The Hall–Kier alpha value is -0.620. The number of carboxylic acids is 1. The second kappa shape index (κ2) is 4.09. The van der Waals surface area contributed by atoms with Crippen LogP contribution in [0.1, 0.15) is 32.6 Å². The molecule has 0 saturated heterocycles. The number of rotatable bonds is 3. The van der Waals surface area contributed by atoms with Gasteiger partial charge in [0.05, 0.1) is 17.8 Å². The van der Waals surface area contributed by atoms with E-state index in [1.807, 2.05) is 0 Å². The number of carboxylic acid groups (broad SMARTS) is 1. The molecule has 0 amide bonds. The molecule has 15 heavy (non-hydrogen) atoms. The van der Waals surface area contributed by atoms with Crippen LogP contribution in [0.3, 0.4) is 0 Å². The van der Waals surface area contributed by atoms with Crippen LogP contribution in [0.2, 0.25) is 0 Å². The lowest BCUT2D eigenvalue weighted by molar-refractivity contribution is -0.150. The van der Waals surface area contributed by atoms with E-state index in [1.165, 1.54) is 0 Å². The van der Waals surface area contributed by atoms with Crippen LogP contribution >= 0.6 is 0 Å². The summed E-state index contributed by atoms with van der Waals surface area (Å²) in [5.74, 6) is -0.819. The molecule has 88 valence electrons. The standard InChI is InChI=1S/C9H16O5S/c1-9(8(10)11)5-3-7(4-6-9)14-15(2,12)13/h7H,3-6H2,1-2H3,(H,10,11)/t7-,9+. The van der Waals surface area contributed by atoms with Crippen molar-refractivity contribution in [3.8, 4) is 0 Å². The Labute approximate surface area is 89.6 Å². The molecule has 0 aromatic carbocycles. The highest BCUT2D eigenvalue weighted by Crippen LogP contribution is 2.37. The van der Waals surface area contributed by atoms with Gasteiger partial charge in [0.1, 0.15) is 0 Å². The molecular formula is C9H16O5S. The lowest BCUT2D eigenvalue weighted by Crippen LogP contribution is -2.35. The summed E-state index contributed by atoms with van der Waals surface area (Å²) < 4.78 is 26.5. The predicted molar refractivity (Wildman–Crippen MR) is 53.9 cm³/mol. The zero-order valence-electron chi connectivity index (χ0n) is 8.89. The Kier molecular flexibility index (Phi) is 3.40. The van der Waals surface area contributed by atoms with Crippen molar-refractivity contribution >= 4 is 16.1 Å². The van der Waals surface area contributed by atoms with Crippen LogP contribution in [0, 0.1) is 5.41 Å². The minimum atomic E-state index is -3.43. The van der Waals surface area contributed by atoms with Crippen molar-refractivity contribution < 1.29 is 22.5 Å². The third-order valence-corrected chi connectivity index (χ3v) is 3.49. The molecule has 0 heterocycles. The Morgan fingerprint density at radius 1 is 1.40 bits per heavy atom. The van der Waals surface area contributed by atoms with E-state index in [-0.39, 0.29) is 6.10 Å². The maximum Gasteiger partial charge on any atom is 0.309 e. The van der Waals surface area contributed by atoms with Crippen LogP contribution in [0.25, 0.3) is 0 Å². The van der Waals surface area contributed by atoms with E-state index in [1.54, 1.807) is 6.92 Å². The molecule has 1 saturated carbocycles. The molecule has 0 spiro atoms. The van der Waals surface area contributed by atoms with Crippen LogP contribution in [0.15, 0.2) is 0 Å². The Balaban J connectivity index is 2.53. The zero-order valence-corrected chi connectivity index (χ0v) is 9.71. The summed E-state index contributed by atoms with van der Waals surface area (Å²) in [4.78, 5) is 10.9. The third kappa shape index (κ3) is 3.46. The molecule has 0 bridgehead atoms. The van der Waals surface area contributed by atoms with E-state index < -0.39 is 21.5 Å². The van der Waals surface area contributed by atoms with Gasteiger partial charge in [-0.25, -0.2) is 0 Å². The van der Waals surface area contributed by atoms with Crippen molar-refractivity contribution in [2.75, 3.05) is 6.26 Å². The minimum absolute atomic E-state index is 0.354. The smallest absolute Gasteiger partial charge is 0.309 e. The third-order valence-electron chi connectivity index (χ3n) is 2.86. The Morgan fingerprint density at radius 3 is 2.20 bits per heavy atom. The fourth-order valence-electron chi connectivity index (χ4n) is 1.79. The predicted octanol–water partition coefficient (Wildman–Crippen LogP) is 0.996.